The Labute approximate surface area is 172 Å². The molecule has 0 spiro atoms. The number of benzene rings is 1. The first kappa shape index (κ1) is 19.6. The summed E-state index contributed by atoms with van der Waals surface area (Å²) in [6, 6.07) is 9.30. The zero-order chi connectivity index (χ0) is 19.6. The maximum atomic E-state index is 13.1. The van der Waals surface area contributed by atoms with E-state index in [4.69, 9.17) is 5.73 Å². The first-order valence-electron chi connectivity index (χ1n) is 8.89. The number of likely N-dealkylation sites (tertiary alicyclic amines) is 1. The zero-order valence-corrected chi connectivity index (χ0v) is 17.6. The van der Waals surface area contributed by atoms with Gasteiger partial charge in [0.05, 0.1) is 11.9 Å². The molecule has 1 aliphatic heterocycles. The van der Waals surface area contributed by atoms with Crippen LogP contribution in [0.1, 0.15) is 30.9 Å². The van der Waals surface area contributed by atoms with Crippen LogP contribution < -0.4 is 11.1 Å². The monoisotopic (exact) mass is 478 g/mol. The van der Waals surface area contributed by atoms with Gasteiger partial charge in [0, 0.05) is 18.4 Å². The van der Waals surface area contributed by atoms with E-state index in [2.05, 4.69) is 39.8 Å². The van der Waals surface area contributed by atoms with Crippen LogP contribution in [-0.4, -0.2) is 28.2 Å². The molecule has 0 bridgehead atoms. The minimum Gasteiger partial charge on any atom is -0.399 e. The number of carbonyl (C=O) groups is 2. The molecule has 0 unspecified atom stereocenters. The fourth-order valence-corrected chi connectivity index (χ4v) is 4.42. The van der Waals surface area contributed by atoms with E-state index in [9.17, 15) is 9.59 Å². The van der Waals surface area contributed by atoms with Gasteiger partial charge in [-0.05, 0) is 77.6 Å². The summed E-state index contributed by atoms with van der Waals surface area (Å²) in [5.41, 5.74) is 8.89. The maximum Gasteiger partial charge on any atom is 0.314 e. The number of aryl methyl sites for hydroxylation is 1. The molecule has 1 aliphatic rings. The lowest BCUT2D eigenvalue weighted by atomic mass is 9.89. The normalized spacial score (nSPS) is 22.3. The minimum absolute atomic E-state index is 0.332. The number of halogens is 1. The molecule has 1 fully saturated rings. The molecule has 2 aromatic rings. The third-order valence-corrected chi connectivity index (χ3v) is 6.56. The van der Waals surface area contributed by atoms with Crippen molar-refractivity contribution in [2.24, 2.45) is 5.92 Å². The number of rotatable bonds is 2. The Morgan fingerprint density at radius 3 is 2.67 bits per heavy atom. The van der Waals surface area contributed by atoms with E-state index in [-0.39, 0.29) is 0 Å². The number of carbonyl (C=O) groups excluding carboxylic acids is 2. The SMILES string of the molecule is Cc1cncc(NC(=O)C(=O)N2C[C@@H](C)CC[C@@]2(I)c2ccc(N)cc2)c1. The van der Waals surface area contributed by atoms with Crippen LogP contribution in [0.5, 0.6) is 0 Å². The zero-order valence-electron chi connectivity index (χ0n) is 15.4. The number of nitrogens with two attached hydrogens (primary N) is 1. The summed E-state index contributed by atoms with van der Waals surface area (Å²) in [7, 11) is 0. The molecular weight excluding hydrogens is 455 g/mol. The minimum atomic E-state index is -0.645. The van der Waals surface area contributed by atoms with Crippen LogP contribution in [0.4, 0.5) is 11.4 Å². The molecule has 27 heavy (non-hydrogen) atoms. The van der Waals surface area contributed by atoms with Crippen LogP contribution >= 0.6 is 22.6 Å². The van der Waals surface area contributed by atoms with Crippen LogP contribution in [0.3, 0.4) is 0 Å². The molecule has 2 atom stereocenters. The van der Waals surface area contributed by atoms with Gasteiger partial charge >= 0.3 is 11.8 Å². The molecule has 2 amide bonds. The van der Waals surface area contributed by atoms with Gasteiger partial charge in [0.25, 0.3) is 0 Å². The average molecular weight is 478 g/mol. The van der Waals surface area contributed by atoms with Crippen molar-refractivity contribution in [3.63, 3.8) is 0 Å². The van der Waals surface area contributed by atoms with Crippen LogP contribution in [0.2, 0.25) is 0 Å². The second-order valence-corrected chi connectivity index (χ2v) is 8.93. The highest BCUT2D eigenvalue weighted by molar-refractivity contribution is 14.1. The fraction of sp³-hybridized carbons (Fsp3) is 0.350. The Kier molecular flexibility index (Phi) is 5.69. The summed E-state index contributed by atoms with van der Waals surface area (Å²) in [6.45, 7) is 4.52. The fourth-order valence-electron chi connectivity index (χ4n) is 3.33. The molecule has 1 aromatic carbocycles. The molecule has 0 aliphatic carbocycles. The van der Waals surface area contributed by atoms with Crippen molar-refractivity contribution >= 4 is 45.8 Å². The van der Waals surface area contributed by atoms with Crippen LogP contribution in [0.15, 0.2) is 42.7 Å². The first-order valence-corrected chi connectivity index (χ1v) is 9.97. The van der Waals surface area contributed by atoms with Crippen molar-refractivity contribution in [3.8, 4) is 0 Å². The Morgan fingerprint density at radius 1 is 1.30 bits per heavy atom. The van der Waals surface area contributed by atoms with Crippen molar-refractivity contribution in [1.29, 1.82) is 0 Å². The molecule has 6 nitrogen and oxygen atoms in total. The van der Waals surface area contributed by atoms with Gasteiger partial charge in [-0.3, -0.25) is 14.6 Å². The summed E-state index contributed by atoms with van der Waals surface area (Å²) in [5.74, 6) is -0.846. The summed E-state index contributed by atoms with van der Waals surface area (Å²) in [6.07, 6.45) is 5.00. The van der Waals surface area contributed by atoms with Crippen LogP contribution in [0, 0.1) is 12.8 Å². The summed E-state index contributed by atoms with van der Waals surface area (Å²) >= 11 is 2.30. The molecule has 2 heterocycles. The van der Waals surface area contributed by atoms with E-state index >= 15 is 0 Å². The Bertz CT molecular complexity index is 855. The van der Waals surface area contributed by atoms with Gasteiger partial charge in [0.15, 0.2) is 0 Å². The van der Waals surface area contributed by atoms with Gasteiger partial charge < -0.3 is 16.0 Å². The second-order valence-electron chi connectivity index (χ2n) is 7.15. The molecule has 7 heteroatoms. The van der Waals surface area contributed by atoms with Crippen molar-refractivity contribution in [2.75, 3.05) is 17.6 Å². The molecule has 0 radical (unpaired) electrons. The highest BCUT2D eigenvalue weighted by Crippen LogP contribution is 2.45. The third-order valence-electron chi connectivity index (χ3n) is 4.82. The van der Waals surface area contributed by atoms with Gasteiger partial charge in [-0.25, -0.2) is 0 Å². The lowest BCUT2D eigenvalue weighted by molar-refractivity contribution is -0.147. The van der Waals surface area contributed by atoms with E-state index in [1.807, 2.05) is 31.2 Å². The number of pyridine rings is 1. The smallest absolute Gasteiger partial charge is 0.314 e. The van der Waals surface area contributed by atoms with Crippen LogP contribution in [-0.2, 0) is 13.1 Å². The van der Waals surface area contributed by atoms with E-state index in [1.54, 1.807) is 17.2 Å². The lowest BCUT2D eigenvalue weighted by Gasteiger charge is -2.45. The number of hydrogen-bond acceptors (Lipinski definition) is 4. The molecule has 0 saturated carbocycles. The first-order chi connectivity index (χ1) is 12.8. The summed E-state index contributed by atoms with van der Waals surface area (Å²) in [4.78, 5) is 31.4. The number of aromatic nitrogens is 1. The number of nitrogen functional groups attached to an aromatic ring is 1. The largest absolute Gasteiger partial charge is 0.399 e. The highest BCUT2D eigenvalue weighted by atomic mass is 127. The number of anilines is 2. The van der Waals surface area contributed by atoms with Crippen molar-refractivity contribution in [2.45, 2.75) is 30.2 Å². The predicted octanol–water partition coefficient (Wildman–Crippen LogP) is 3.46. The summed E-state index contributed by atoms with van der Waals surface area (Å²) in [5, 5.41) is 2.68. The Balaban J connectivity index is 1.86. The second kappa shape index (κ2) is 7.84. The lowest BCUT2D eigenvalue weighted by Crippen LogP contribution is -2.54. The number of nitrogens with one attached hydrogen (secondary N) is 1. The number of hydrogen-bond donors (Lipinski definition) is 2. The van der Waals surface area contributed by atoms with Crippen molar-refractivity contribution in [3.05, 3.63) is 53.9 Å². The number of nitrogens with zero attached hydrogens (tertiary/aromatic N) is 2. The van der Waals surface area contributed by atoms with Gasteiger partial charge in [0.2, 0.25) is 0 Å². The van der Waals surface area contributed by atoms with Gasteiger partial charge in [-0.15, -0.1) is 0 Å². The molecule has 142 valence electrons. The summed E-state index contributed by atoms with van der Waals surface area (Å²) < 4.78 is -0.572. The average Bonchev–Trinajstić information content (AvgIpc) is 2.63. The number of amides is 2. The number of alkyl halides is 1. The quantitative estimate of drug-likeness (QED) is 0.228. The van der Waals surface area contributed by atoms with Gasteiger partial charge in [-0.1, -0.05) is 19.1 Å². The van der Waals surface area contributed by atoms with Crippen LogP contribution in [0.25, 0.3) is 0 Å². The Hall–Kier alpha value is -2.16. The van der Waals surface area contributed by atoms with E-state index in [1.165, 1.54) is 6.20 Å². The molecule has 3 N–H and O–H groups in total. The maximum absolute atomic E-state index is 13.1. The topological polar surface area (TPSA) is 88.3 Å². The third kappa shape index (κ3) is 4.23. The standard InChI is InChI=1S/C20H23IN4O2/c1-13-7-8-20(21,15-3-5-16(22)6-4-15)25(12-13)19(27)18(26)24-17-9-14(2)10-23-11-17/h3-6,9-11,13H,7-8,12,22H2,1-2H3,(H,24,26)/t13-,20-/m0/s1. The van der Waals surface area contributed by atoms with Gasteiger partial charge in [-0.2, -0.15) is 0 Å². The predicted molar refractivity (Wildman–Crippen MR) is 114 cm³/mol. The van der Waals surface area contributed by atoms with Gasteiger partial charge in [0.1, 0.15) is 3.55 Å². The van der Waals surface area contributed by atoms with E-state index in [0.717, 1.165) is 24.0 Å². The van der Waals surface area contributed by atoms with E-state index in [0.29, 0.717) is 23.8 Å². The number of piperidine rings is 1. The molecule has 1 saturated heterocycles. The molecule has 1 aromatic heterocycles. The highest BCUT2D eigenvalue weighted by Gasteiger charge is 2.44. The Morgan fingerprint density at radius 2 is 2.00 bits per heavy atom. The van der Waals surface area contributed by atoms with E-state index < -0.39 is 15.4 Å². The van der Waals surface area contributed by atoms with Crippen molar-refractivity contribution in [1.82, 2.24) is 9.88 Å². The van der Waals surface area contributed by atoms with Crippen molar-refractivity contribution < 1.29 is 9.59 Å². The molecule has 3 rings (SSSR count). The molecular formula is C20H23IN4O2.